The molecular formula is C20H30Cl2N2O2. The summed E-state index contributed by atoms with van der Waals surface area (Å²) in [4.78, 5) is 14.9. The Hall–Kier alpha value is -0.810. The number of halogens is 2. The van der Waals surface area contributed by atoms with Crippen molar-refractivity contribution in [2.75, 3.05) is 13.1 Å². The van der Waals surface area contributed by atoms with Crippen LogP contribution < -0.4 is 5.73 Å². The first-order valence-electron chi connectivity index (χ1n) is 9.40. The number of nitrogens with two attached hydrogens (primary N) is 1. The molecule has 3 rings (SSSR count). The second kappa shape index (κ2) is 8.92. The Bertz CT molecular complexity index is 598. The molecule has 146 valence electrons. The van der Waals surface area contributed by atoms with Crippen LogP contribution in [-0.2, 0) is 4.79 Å². The molecule has 1 aromatic rings. The van der Waals surface area contributed by atoms with Crippen molar-refractivity contribution in [3.63, 3.8) is 0 Å². The molecule has 3 atom stereocenters. The second-order valence-electron chi connectivity index (χ2n) is 7.96. The van der Waals surface area contributed by atoms with Gasteiger partial charge < -0.3 is 15.7 Å². The summed E-state index contributed by atoms with van der Waals surface area (Å²) in [6.45, 7) is 3.44. The fourth-order valence-corrected chi connectivity index (χ4v) is 4.48. The number of benzene rings is 1. The number of hydrogen-bond donors (Lipinski definition) is 2. The van der Waals surface area contributed by atoms with Crippen molar-refractivity contribution in [1.29, 1.82) is 0 Å². The number of rotatable bonds is 3. The lowest BCUT2D eigenvalue weighted by Gasteiger charge is -2.42. The molecule has 3 N–H and O–H groups in total. The van der Waals surface area contributed by atoms with Gasteiger partial charge in [0.15, 0.2) is 0 Å². The molecule has 1 heterocycles. The Morgan fingerprint density at radius 3 is 2.42 bits per heavy atom. The van der Waals surface area contributed by atoms with Crippen LogP contribution in [0.25, 0.3) is 0 Å². The molecule has 2 aliphatic rings. The molecule has 0 aromatic heterocycles. The number of carbonyl (C=O) groups is 1. The molecule has 1 amide bonds. The normalized spacial score (nSPS) is 28.3. The minimum absolute atomic E-state index is 0. The molecule has 26 heavy (non-hydrogen) atoms. The summed E-state index contributed by atoms with van der Waals surface area (Å²) in [6, 6.07) is 7.38. The average Bonchev–Trinajstić information content (AvgIpc) is 2.61. The highest BCUT2D eigenvalue weighted by molar-refractivity contribution is 6.30. The number of hydrogen-bond acceptors (Lipinski definition) is 3. The average molecular weight is 401 g/mol. The predicted molar refractivity (Wildman–Crippen MR) is 108 cm³/mol. The molecule has 1 saturated heterocycles. The lowest BCUT2D eigenvalue weighted by Crippen LogP contribution is -2.55. The Morgan fingerprint density at radius 1 is 1.23 bits per heavy atom. The molecule has 1 saturated carbocycles. The summed E-state index contributed by atoms with van der Waals surface area (Å²) in [5, 5.41) is 11.3. The van der Waals surface area contributed by atoms with Crippen LogP contribution in [-0.4, -0.2) is 34.5 Å². The van der Waals surface area contributed by atoms with Crippen LogP contribution in [0.4, 0.5) is 0 Å². The molecular weight excluding hydrogens is 371 g/mol. The molecule has 0 radical (unpaired) electrons. The lowest BCUT2D eigenvalue weighted by molar-refractivity contribution is -0.141. The van der Waals surface area contributed by atoms with Crippen molar-refractivity contribution in [1.82, 2.24) is 4.90 Å². The fourth-order valence-electron chi connectivity index (χ4n) is 4.35. The summed E-state index contributed by atoms with van der Waals surface area (Å²) in [5.41, 5.74) is 6.91. The number of aliphatic hydroxyl groups excluding tert-OH is 1. The van der Waals surface area contributed by atoms with E-state index in [1.165, 1.54) is 0 Å². The van der Waals surface area contributed by atoms with Gasteiger partial charge in [-0.2, -0.15) is 0 Å². The Kier molecular flexibility index (Phi) is 7.37. The zero-order valence-corrected chi connectivity index (χ0v) is 16.9. The number of aliphatic hydroxyl groups is 1. The van der Waals surface area contributed by atoms with E-state index in [4.69, 9.17) is 17.3 Å². The maximum atomic E-state index is 12.9. The minimum Gasteiger partial charge on any atom is -0.388 e. The third-order valence-corrected chi connectivity index (χ3v) is 6.31. The zero-order valence-electron chi connectivity index (χ0n) is 15.4. The lowest BCUT2D eigenvalue weighted by atomic mass is 9.73. The highest BCUT2D eigenvalue weighted by atomic mass is 35.5. The van der Waals surface area contributed by atoms with Crippen molar-refractivity contribution in [2.24, 2.45) is 17.6 Å². The van der Waals surface area contributed by atoms with E-state index >= 15 is 0 Å². The van der Waals surface area contributed by atoms with Gasteiger partial charge in [0.25, 0.3) is 0 Å². The van der Waals surface area contributed by atoms with Crippen molar-refractivity contribution in [2.45, 2.75) is 57.1 Å². The van der Waals surface area contributed by atoms with E-state index in [0.29, 0.717) is 18.1 Å². The van der Waals surface area contributed by atoms with Gasteiger partial charge in [0.2, 0.25) is 5.91 Å². The van der Waals surface area contributed by atoms with Crippen LogP contribution in [0.1, 0.15) is 57.1 Å². The van der Waals surface area contributed by atoms with Crippen LogP contribution in [0.2, 0.25) is 5.02 Å². The largest absolute Gasteiger partial charge is 0.388 e. The maximum Gasteiger partial charge on any atom is 0.227 e. The van der Waals surface area contributed by atoms with E-state index in [2.05, 4.69) is 0 Å². The third kappa shape index (κ3) is 4.72. The van der Waals surface area contributed by atoms with Crippen LogP contribution >= 0.6 is 24.0 Å². The van der Waals surface area contributed by atoms with Gasteiger partial charge >= 0.3 is 0 Å². The van der Waals surface area contributed by atoms with Gasteiger partial charge in [-0.3, -0.25) is 4.79 Å². The first-order valence-corrected chi connectivity index (χ1v) is 9.77. The van der Waals surface area contributed by atoms with Crippen LogP contribution in [0.15, 0.2) is 24.3 Å². The Labute approximate surface area is 167 Å². The van der Waals surface area contributed by atoms with E-state index < -0.39 is 6.10 Å². The SMILES string of the molecule is CC1(N)CCCCC1C(=O)N1CCC(C(O)c2ccc(Cl)cc2)CC1.Cl. The first kappa shape index (κ1) is 21.5. The van der Waals surface area contributed by atoms with Crippen LogP contribution in [0, 0.1) is 11.8 Å². The fraction of sp³-hybridized carbons (Fsp3) is 0.650. The topological polar surface area (TPSA) is 66.6 Å². The molecule has 2 fully saturated rings. The Morgan fingerprint density at radius 2 is 1.85 bits per heavy atom. The number of piperidine rings is 1. The number of carbonyl (C=O) groups excluding carboxylic acids is 1. The summed E-state index contributed by atoms with van der Waals surface area (Å²) < 4.78 is 0. The quantitative estimate of drug-likeness (QED) is 0.806. The third-order valence-electron chi connectivity index (χ3n) is 6.06. The van der Waals surface area contributed by atoms with Gasteiger partial charge in [-0.05, 0) is 56.2 Å². The van der Waals surface area contributed by atoms with E-state index in [0.717, 1.165) is 44.1 Å². The highest BCUT2D eigenvalue weighted by Crippen LogP contribution is 2.35. The molecule has 6 heteroatoms. The minimum atomic E-state index is -0.496. The molecule has 0 spiro atoms. The number of likely N-dealkylation sites (tertiary alicyclic amines) is 1. The molecule has 1 aliphatic carbocycles. The molecule has 1 aromatic carbocycles. The maximum absolute atomic E-state index is 12.9. The summed E-state index contributed by atoms with van der Waals surface area (Å²) in [5.74, 6) is 0.337. The molecule has 3 unspecified atom stereocenters. The number of nitrogens with zero attached hydrogens (tertiary/aromatic N) is 1. The van der Waals surface area contributed by atoms with Gasteiger partial charge in [-0.15, -0.1) is 12.4 Å². The van der Waals surface area contributed by atoms with E-state index in [9.17, 15) is 9.90 Å². The highest BCUT2D eigenvalue weighted by Gasteiger charge is 2.40. The van der Waals surface area contributed by atoms with Gasteiger partial charge in [0.1, 0.15) is 0 Å². The summed E-state index contributed by atoms with van der Waals surface area (Å²) in [6.07, 6.45) is 5.19. The molecule has 4 nitrogen and oxygen atoms in total. The van der Waals surface area contributed by atoms with Gasteiger partial charge in [0, 0.05) is 23.7 Å². The van der Waals surface area contributed by atoms with Crippen molar-refractivity contribution >= 4 is 29.9 Å². The van der Waals surface area contributed by atoms with Crippen LogP contribution in [0.3, 0.4) is 0 Å². The smallest absolute Gasteiger partial charge is 0.227 e. The standard InChI is InChI=1S/C20H29ClN2O2.ClH/c1-20(22)11-3-2-4-17(20)19(25)23-12-9-15(10-13-23)18(24)14-5-7-16(21)8-6-14;/h5-8,15,17-18,24H,2-4,9-13,22H2,1H3;1H. The molecule has 0 bridgehead atoms. The molecule has 1 aliphatic heterocycles. The monoisotopic (exact) mass is 400 g/mol. The van der Waals surface area contributed by atoms with Crippen LogP contribution in [0.5, 0.6) is 0 Å². The summed E-state index contributed by atoms with van der Waals surface area (Å²) in [7, 11) is 0. The second-order valence-corrected chi connectivity index (χ2v) is 8.40. The zero-order chi connectivity index (χ0) is 18.0. The number of amides is 1. The first-order chi connectivity index (χ1) is 11.9. The van der Waals surface area contributed by atoms with Crippen molar-refractivity contribution in [3.05, 3.63) is 34.9 Å². The van der Waals surface area contributed by atoms with Crippen molar-refractivity contribution in [3.8, 4) is 0 Å². The van der Waals surface area contributed by atoms with Gasteiger partial charge in [0.05, 0.1) is 12.0 Å². The van der Waals surface area contributed by atoms with E-state index in [1.807, 2.05) is 36.1 Å². The van der Waals surface area contributed by atoms with Crippen molar-refractivity contribution < 1.29 is 9.90 Å². The van der Waals surface area contributed by atoms with Gasteiger partial charge in [-0.25, -0.2) is 0 Å². The van der Waals surface area contributed by atoms with Gasteiger partial charge in [-0.1, -0.05) is 36.6 Å². The summed E-state index contributed by atoms with van der Waals surface area (Å²) >= 11 is 5.92. The van der Waals surface area contributed by atoms with E-state index in [-0.39, 0.29) is 35.7 Å². The van der Waals surface area contributed by atoms with E-state index in [1.54, 1.807) is 0 Å². The predicted octanol–water partition coefficient (Wildman–Crippen LogP) is 3.94. The Balaban J connectivity index is 0.00000243.